The normalized spacial score (nSPS) is 10.3. The average molecular weight is 277 g/mol. The van der Waals surface area contributed by atoms with E-state index in [1.165, 1.54) is 0 Å². The molecule has 0 spiro atoms. The summed E-state index contributed by atoms with van der Waals surface area (Å²) in [5.41, 5.74) is 1.05. The molecule has 0 aliphatic carbocycles. The Labute approximate surface area is 118 Å². The van der Waals surface area contributed by atoms with Crippen LogP contribution in [0.2, 0.25) is 5.02 Å². The smallest absolute Gasteiger partial charge is 0.132 e. The molecule has 1 aromatic heterocycles. The van der Waals surface area contributed by atoms with Gasteiger partial charge >= 0.3 is 0 Å². The molecule has 0 saturated heterocycles. The molecule has 0 bridgehead atoms. The molecule has 1 heterocycles. The zero-order chi connectivity index (χ0) is 13.7. The van der Waals surface area contributed by atoms with Crippen molar-refractivity contribution in [2.75, 3.05) is 11.9 Å². The molecule has 100 valence electrons. The van der Waals surface area contributed by atoms with Gasteiger partial charge in [0, 0.05) is 23.8 Å². The number of nitrogens with one attached hydrogen (secondary N) is 1. The largest absolute Gasteiger partial charge is 0.457 e. The Hall–Kier alpha value is -1.74. The van der Waals surface area contributed by atoms with Gasteiger partial charge in [-0.3, -0.25) is 0 Å². The second-order valence-corrected chi connectivity index (χ2v) is 4.75. The minimum absolute atomic E-state index is 0.666. The molecule has 4 heteroatoms. The van der Waals surface area contributed by atoms with E-state index < -0.39 is 0 Å². The summed E-state index contributed by atoms with van der Waals surface area (Å²) < 4.78 is 5.85. The van der Waals surface area contributed by atoms with Crippen molar-refractivity contribution in [1.29, 1.82) is 0 Å². The quantitative estimate of drug-likeness (QED) is 0.862. The summed E-state index contributed by atoms with van der Waals surface area (Å²) in [5.74, 6) is 2.33. The number of rotatable bonds is 5. The van der Waals surface area contributed by atoms with E-state index in [-0.39, 0.29) is 0 Å². The molecule has 1 N–H and O–H groups in total. The van der Waals surface area contributed by atoms with E-state index in [0.29, 0.717) is 5.02 Å². The van der Waals surface area contributed by atoms with Crippen LogP contribution in [0, 0.1) is 6.92 Å². The molecular weight excluding hydrogens is 260 g/mol. The number of hydrogen-bond donors (Lipinski definition) is 1. The lowest BCUT2D eigenvalue weighted by molar-refractivity contribution is 0.478. The second kappa shape index (κ2) is 6.43. The van der Waals surface area contributed by atoms with Gasteiger partial charge in [0.05, 0.1) is 0 Å². The number of hydrogen-bond acceptors (Lipinski definition) is 3. The van der Waals surface area contributed by atoms with Gasteiger partial charge in [-0.2, -0.15) is 0 Å². The van der Waals surface area contributed by atoms with Crippen LogP contribution >= 0.6 is 11.6 Å². The molecule has 0 saturated carbocycles. The minimum Gasteiger partial charge on any atom is -0.457 e. The Morgan fingerprint density at radius 3 is 2.89 bits per heavy atom. The van der Waals surface area contributed by atoms with Crippen LogP contribution < -0.4 is 10.1 Å². The van der Waals surface area contributed by atoms with Crippen LogP contribution in [0.1, 0.15) is 18.9 Å². The lowest BCUT2D eigenvalue weighted by atomic mass is 10.2. The van der Waals surface area contributed by atoms with Crippen molar-refractivity contribution in [1.82, 2.24) is 4.98 Å². The number of aryl methyl sites for hydroxylation is 1. The highest BCUT2D eigenvalue weighted by Gasteiger charge is 2.04. The maximum absolute atomic E-state index is 5.98. The Balaban J connectivity index is 2.16. The monoisotopic (exact) mass is 276 g/mol. The number of pyridine rings is 1. The van der Waals surface area contributed by atoms with E-state index in [0.717, 1.165) is 35.8 Å². The fraction of sp³-hybridized carbons (Fsp3) is 0.267. The van der Waals surface area contributed by atoms with Crippen molar-refractivity contribution >= 4 is 17.4 Å². The highest BCUT2D eigenvalue weighted by Crippen LogP contribution is 2.28. The highest BCUT2D eigenvalue weighted by molar-refractivity contribution is 6.30. The molecule has 0 aliphatic rings. The van der Waals surface area contributed by atoms with E-state index in [4.69, 9.17) is 16.3 Å². The molecule has 0 amide bonds. The van der Waals surface area contributed by atoms with Crippen molar-refractivity contribution in [3.05, 3.63) is 47.1 Å². The van der Waals surface area contributed by atoms with Crippen LogP contribution in [0.15, 0.2) is 36.5 Å². The summed E-state index contributed by atoms with van der Waals surface area (Å²) in [5, 5.41) is 3.90. The maximum Gasteiger partial charge on any atom is 0.132 e. The first kappa shape index (κ1) is 13.7. The van der Waals surface area contributed by atoms with Gasteiger partial charge in [0.1, 0.15) is 17.3 Å². The summed E-state index contributed by atoms with van der Waals surface area (Å²) >= 11 is 5.98. The van der Waals surface area contributed by atoms with Gasteiger partial charge in [0.15, 0.2) is 0 Å². The van der Waals surface area contributed by atoms with Gasteiger partial charge < -0.3 is 10.1 Å². The first-order chi connectivity index (χ1) is 9.19. The Morgan fingerprint density at radius 2 is 2.11 bits per heavy atom. The lowest BCUT2D eigenvalue weighted by Gasteiger charge is -2.10. The highest BCUT2D eigenvalue weighted by atomic mass is 35.5. The maximum atomic E-state index is 5.98. The van der Waals surface area contributed by atoms with Gasteiger partial charge in [-0.25, -0.2) is 4.98 Å². The van der Waals surface area contributed by atoms with E-state index in [9.17, 15) is 0 Å². The van der Waals surface area contributed by atoms with Crippen LogP contribution in [0.3, 0.4) is 0 Å². The number of ether oxygens (including phenoxy) is 1. The summed E-state index contributed by atoms with van der Waals surface area (Å²) in [7, 11) is 0. The fourth-order valence-corrected chi connectivity index (χ4v) is 1.80. The molecule has 0 aliphatic heterocycles. The summed E-state index contributed by atoms with van der Waals surface area (Å²) in [6.45, 7) is 5.00. The number of benzene rings is 1. The summed E-state index contributed by atoms with van der Waals surface area (Å²) in [6, 6.07) is 9.32. The molecule has 2 aromatic rings. The van der Waals surface area contributed by atoms with E-state index in [2.05, 4.69) is 17.2 Å². The van der Waals surface area contributed by atoms with Crippen LogP contribution in [0.4, 0.5) is 5.82 Å². The third-order valence-electron chi connectivity index (χ3n) is 2.67. The second-order valence-electron chi connectivity index (χ2n) is 4.32. The Morgan fingerprint density at radius 1 is 1.26 bits per heavy atom. The molecule has 0 unspecified atom stereocenters. The predicted octanol–water partition coefficient (Wildman–Crippen LogP) is 4.66. The van der Waals surface area contributed by atoms with E-state index >= 15 is 0 Å². The predicted molar refractivity (Wildman–Crippen MR) is 79.3 cm³/mol. The third kappa shape index (κ3) is 3.86. The van der Waals surface area contributed by atoms with Gasteiger partial charge in [-0.05, 0) is 37.1 Å². The number of anilines is 1. The Kier molecular flexibility index (Phi) is 4.63. The van der Waals surface area contributed by atoms with Crippen molar-refractivity contribution in [3.8, 4) is 11.5 Å². The fourth-order valence-electron chi connectivity index (χ4n) is 1.64. The summed E-state index contributed by atoms with van der Waals surface area (Å²) in [4.78, 5) is 4.24. The average Bonchev–Trinajstić information content (AvgIpc) is 2.41. The van der Waals surface area contributed by atoms with Crippen molar-refractivity contribution in [2.45, 2.75) is 20.3 Å². The van der Waals surface area contributed by atoms with Crippen LogP contribution in [-0.4, -0.2) is 11.5 Å². The van der Waals surface area contributed by atoms with Crippen molar-refractivity contribution in [3.63, 3.8) is 0 Å². The number of nitrogens with zero attached hydrogens (tertiary/aromatic N) is 1. The van der Waals surface area contributed by atoms with Gasteiger partial charge in [-0.1, -0.05) is 24.6 Å². The number of halogens is 1. The molecule has 0 atom stereocenters. The lowest BCUT2D eigenvalue weighted by Crippen LogP contribution is -2.01. The van der Waals surface area contributed by atoms with E-state index in [1.807, 2.05) is 37.3 Å². The van der Waals surface area contributed by atoms with Crippen molar-refractivity contribution in [2.24, 2.45) is 0 Å². The van der Waals surface area contributed by atoms with Gasteiger partial charge in [-0.15, -0.1) is 0 Å². The first-order valence-electron chi connectivity index (χ1n) is 6.33. The number of aromatic nitrogens is 1. The van der Waals surface area contributed by atoms with Crippen LogP contribution in [-0.2, 0) is 0 Å². The van der Waals surface area contributed by atoms with Gasteiger partial charge in [0.25, 0.3) is 0 Å². The molecule has 0 radical (unpaired) electrons. The van der Waals surface area contributed by atoms with Crippen LogP contribution in [0.5, 0.6) is 11.5 Å². The molecular formula is C15H17ClN2O. The topological polar surface area (TPSA) is 34.1 Å². The van der Waals surface area contributed by atoms with E-state index in [1.54, 1.807) is 6.20 Å². The first-order valence-corrected chi connectivity index (χ1v) is 6.71. The third-order valence-corrected chi connectivity index (χ3v) is 2.90. The zero-order valence-electron chi connectivity index (χ0n) is 11.1. The zero-order valence-corrected chi connectivity index (χ0v) is 11.9. The summed E-state index contributed by atoms with van der Waals surface area (Å²) in [6.07, 6.45) is 2.79. The van der Waals surface area contributed by atoms with Gasteiger partial charge in [0.2, 0.25) is 0 Å². The van der Waals surface area contributed by atoms with Crippen LogP contribution in [0.25, 0.3) is 0 Å². The standard InChI is InChI=1S/C15H17ClN2O/c1-3-7-17-15-10-13(6-8-18-15)19-14-9-12(16)5-4-11(14)2/h4-6,8-10H,3,7H2,1-2H3,(H,17,18). The molecule has 3 nitrogen and oxygen atoms in total. The molecule has 2 rings (SSSR count). The SMILES string of the molecule is CCCNc1cc(Oc2cc(Cl)ccc2C)ccn1. The minimum atomic E-state index is 0.666. The molecule has 1 aromatic carbocycles. The molecule has 19 heavy (non-hydrogen) atoms. The Bertz CT molecular complexity index is 558. The molecule has 0 fully saturated rings. The van der Waals surface area contributed by atoms with Crippen molar-refractivity contribution < 1.29 is 4.74 Å².